The van der Waals surface area contributed by atoms with Gasteiger partial charge < -0.3 is 10.4 Å². The van der Waals surface area contributed by atoms with Crippen molar-refractivity contribution in [3.63, 3.8) is 0 Å². The molecule has 0 aliphatic rings. The summed E-state index contributed by atoms with van der Waals surface area (Å²) in [6.07, 6.45) is 3.62. The van der Waals surface area contributed by atoms with Gasteiger partial charge in [0.1, 0.15) is 5.82 Å². The van der Waals surface area contributed by atoms with Gasteiger partial charge in [-0.25, -0.2) is 19.6 Å². The van der Waals surface area contributed by atoms with E-state index in [-0.39, 0.29) is 0 Å². The molecule has 0 saturated carbocycles. The molecule has 0 aromatic carbocycles. The second kappa shape index (κ2) is 5.75. The Morgan fingerprint density at radius 3 is 2.63 bits per heavy atom. The number of nitrogens with one attached hydrogen (secondary N) is 1. The average Bonchev–Trinajstić information content (AvgIpc) is 2.79. The van der Waals surface area contributed by atoms with Gasteiger partial charge in [0.15, 0.2) is 5.82 Å². The first-order valence-electron chi connectivity index (χ1n) is 6.23. The number of nitrogens with zero attached hydrogens (tertiary/aromatic N) is 5. The Hall–Kier alpha value is -2.02. The van der Waals surface area contributed by atoms with E-state index < -0.39 is 6.10 Å². The number of rotatable bonds is 5. The highest BCUT2D eigenvalue weighted by Crippen LogP contribution is 2.16. The molecular weight excluding hydrogens is 244 g/mol. The highest BCUT2D eigenvalue weighted by atomic mass is 16.3. The van der Waals surface area contributed by atoms with Crippen LogP contribution in [0.3, 0.4) is 0 Å². The molecule has 0 bridgehead atoms. The molecule has 102 valence electrons. The Balaban J connectivity index is 2.32. The number of hydrogen-bond acceptors (Lipinski definition) is 6. The number of aliphatic hydroxyl groups is 1. The maximum atomic E-state index is 9.74. The molecule has 2 aromatic heterocycles. The molecule has 0 radical (unpaired) electrons. The summed E-state index contributed by atoms with van der Waals surface area (Å²) in [6.45, 7) is 4.17. The predicted molar refractivity (Wildman–Crippen MR) is 71.6 cm³/mol. The van der Waals surface area contributed by atoms with Crippen molar-refractivity contribution in [1.82, 2.24) is 24.7 Å². The zero-order valence-electron chi connectivity index (χ0n) is 11.3. The monoisotopic (exact) mass is 262 g/mol. The summed E-state index contributed by atoms with van der Waals surface area (Å²) in [4.78, 5) is 12.7. The number of aromatic nitrogens is 5. The van der Waals surface area contributed by atoms with E-state index in [9.17, 15) is 5.11 Å². The van der Waals surface area contributed by atoms with Crippen molar-refractivity contribution in [2.75, 3.05) is 12.4 Å². The van der Waals surface area contributed by atoms with Gasteiger partial charge in [0.2, 0.25) is 5.95 Å². The third-order valence-corrected chi connectivity index (χ3v) is 2.77. The van der Waals surface area contributed by atoms with Crippen LogP contribution in [0.4, 0.5) is 5.95 Å². The van der Waals surface area contributed by atoms with Gasteiger partial charge in [-0.15, -0.1) is 0 Å². The Morgan fingerprint density at radius 1 is 1.37 bits per heavy atom. The fourth-order valence-electron chi connectivity index (χ4n) is 1.70. The molecular formula is C12H18N6O. The molecule has 1 unspecified atom stereocenters. The fraction of sp³-hybridized carbons (Fsp3) is 0.500. The standard InChI is InChI=1S/C12H18N6O/c1-4-10(19)7-18-11(16-8(2)17-18)9-5-14-12(13-3)15-6-9/h5-6,10,19H,4,7H2,1-3H3,(H,13,14,15). The predicted octanol–water partition coefficient (Wildman–Crippen LogP) is 0.856. The first kappa shape index (κ1) is 13.4. The van der Waals surface area contributed by atoms with E-state index in [1.165, 1.54) is 0 Å². The van der Waals surface area contributed by atoms with E-state index in [0.717, 1.165) is 5.56 Å². The van der Waals surface area contributed by atoms with Crippen LogP contribution in [0.5, 0.6) is 0 Å². The Bertz CT molecular complexity index is 536. The van der Waals surface area contributed by atoms with E-state index in [1.54, 1.807) is 24.1 Å². The number of aryl methyl sites for hydroxylation is 1. The highest BCUT2D eigenvalue weighted by Gasteiger charge is 2.13. The molecule has 2 rings (SSSR count). The summed E-state index contributed by atoms with van der Waals surface area (Å²) in [5, 5.41) is 16.9. The van der Waals surface area contributed by atoms with Gasteiger partial charge in [0, 0.05) is 19.4 Å². The average molecular weight is 262 g/mol. The molecule has 7 heteroatoms. The van der Waals surface area contributed by atoms with E-state index in [0.29, 0.717) is 30.6 Å². The van der Waals surface area contributed by atoms with Crippen molar-refractivity contribution in [2.24, 2.45) is 0 Å². The van der Waals surface area contributed by atoms with Gasteiger partial charge in [-0.3, -0.25) is 0 Å². The molecule has 0 fully saturated rings. The molecule has 0 saturated heterocycles. The zero-order valence-corrected chi connectivity index (χ0v) is 11.3. The summed E-state index contributed by atoms with van der Waals surface area (Å²) in [7, 11) is 1.76. The van der Waals surface area contributed by atoms with Crippen LogP contribution in [-0.4, -0.2) is 43.0 Å². The van der Waals surface area contributed by atoms with Gasteiger partial charge in [0.25, 0.3) is 0 Å². The molecule has 0 aliphatic heterocycles. The van der Waals surface area contributed by atoms with Gasteiger partial charge in [-0.1, -0.05) is 6.92 Å². The second-order valence-corrected chi connectivity index (χ2v) is 4.27. The molecule has 1 atom stereocenters. The number of aliphatic hydroxyl groups excluding tert-OH is 1. The molecule has 0 amide bonds. The van der Waals surface area contributed by atoms with Crippen LogP contribution in [0.25, 0.3) is 11.4 Å². The Morgan fingerprint density at radius 2 is 2.05 bits per heavy atom. The third kappa shape index (κ3) is 3.05. The van der Waals surface area contributed by atoms with Crippen molar-refractivity contribution >= 4 is 5.95 Å². The summed E-state index contributed by atoms with van der Waals surface area (Å²) in [5.74, 6) is 1.89. The van der Waals surface area contributed by atoms with Crippen molar-refractivity contribution in [3.05, 3.63) is 18.2 Å². The SMILES string of the molecule is CCC(O)Cn1nc(C)nc1-c1cnc(NC)nc1. The van der Waals surface area contributed by atoms with Crippen LogP contribution in [0.15, 0.2) is 12.4 Å². The van der Waals surface area contributed by atoms with Crippen LogP contribution >= 0.6 is 0 Å². The summed E-state index contributed by atoms with van der Waals surface area (Å²) >= 11 is 0. The smallest absolute Gasteiger partial charge is 0.222 e. The van der Waals surface area contributed by atoms with E-state index >= 15 is 0 Å². The topological polar surface area (TPSA) is 88.8 Å². The molecule has 0 spiro atoms. The maximum absolute atomic E-state index is 9.74. The van der Waals surface area contributed by atoms with Crippen molar-refractivity contribution in [1.29, 1.82) is 0 Å². The summed E-state index contributed by atoms with van der Waals surface area (Å²) in [6, 6.07) is 0. The number of hydrogen-bond donors (Lipinski definition) is 2. The molecule has 2 aromatic rings. The van der Waals surface area contributed by atoms with Crippen molar-refractivity contribution < 1.29 is 5.11 Å². The third-order valence-electron chi connectivity index (χ3n) is 2.77. The zero-order chi connectivity index (χ0) is 13.8. The van der Waals surface area contributed by atoms with Crippen LogP contribution in [0.2, 0.25) is 0 Å². The van der Waals surface area contributed by atoms with E-state index in [2.05, 4.69) is 25.4 Å². The normalized spacial score (nSPS) is 12.4. The maximum Gasteiger partial charge on any atom is 0.222 e. The molecule has 19 heavy (non-hydrogen) atoms. The quantitative estimate of drug-likeness (QED) is 0.830. The first-order chi connectivity index (χ1) is 9.13. The van der Waals surface area contributed by atoms with E-state index in [4.69, 9.17) is 0 Å². The minimum Gasteiger partial charge on any atom is -0.391 e. The van der Waals surface area contributed by atoms with Crippen molar-refractivity contribution in [2.45, 2.75) is 32.9 Å². The van der Waals surface area contributed by atoms with Gasteiger partial charge >= 0.3 is 0 Å². The molecule has 7 nitrogen and oxygen atoms in total. The molecule has 2 N–H and O–H groups in total. The minimum atomic E-state index is -0.433. The van der Waals surface area contributed by atoms with Crippen LogP contribution in [-0.2, 0) is 6.54 Å². The Labute approximate surface area is 111 Å². The van der Waals surface area contributed by atoms with E-state index in [1.807, 2.05) is 13.8 Å². The lowest BCUT2D eigenvalue weighted by molar-refractivity contribution is 0.145. The van der Waals surface area contributed by atoms with Gasteiger partial charge in [0.05, 0.1) is 18.2 Å². The largest absolute Gasteiger partial charge is 0.391 e. The summed E-state index contributed by atoms with van der Waals surface area (Å²) in [5.41, 5.74) is 0.780. The van der Waals surface area contributed by atoms with Crippen LogP contribution in [0.1, 0.15) is 19.2 Å². The lowest BCUT2D eigenvalue weighted by Crippen LogP contribution is -2.16. The molecule has 0 aliphatic carbocycles. The minimum absolute atomic E-state index is 0.417. The van der Waals surface area contributed by atoms with Crippen molar-refractivity contribution in [3.8, 4) is 11.4 Å². The summed E-state index contributed by atoms with van der Waals surface area (Å²) < 4.78 is 1.70. The molecule has 2 heterocycles. The van der Waals surface area contributed by atoms with Crippen LogP contribution < -0.4 is 5.32 Å². The first-order valence-corrected chi connectivity index (χ1v) is 6.23. The lowest BCUT2D eigenvalue weighted by Gasteiger charge is -2.10. The number of anilines is 1. The van der Waals surface area contributed by atoms with Gasteiger partial charge in [-0.2, -0.15) is 5.10 Å². The highest BCUT2D eigenvalue weighted by molar-refractivity contribution is 5.53. The lowest BCUT2D eigenvalue weighted by atomic mass is 10.2. The van der Waals surface area contributed by atoms with Gasteiger partial charge in [-0.05, 0) is 13.3 Å². The second-order valence-electron chi connectivity index (χ2n) is 4.27. The fourth-order valence-corrected chi connectivity index (χ4v) is 1.70. The Kier molecular flexibility index (Phi) is 4.06. The van der Waals surface area contributed by atoms with Crippen LogP contribution in [0, 0.1) is 6.92 Å².